The number of fused-ring (bicyclic) bond motifs is 1. The van der Waals surface area contributed by atoms with Crippen molar-refractivity contribution in [3.63, 3.8) is 0 Å². The Hall–Kier alpha value is -8.41. The van der Waals surface area contributed by atoms with Crippen LogP contribution in [0.4, 0.5) is 38.5 Å². The van der Waals surface area contributed by atoms with Crippen LogP contribution < -0.4 is 19.3 Å². The monoisotopic (exact) mass is 844 g/mol. The van der Waals surface area contributed by atoms with Crippen molar-refractivity contribution >= 4 is 44.9 Å². The van der Waals surface area contributed by atoms with E-state index in [1.165, 1.54) is 0 Å². The van der Waals surface area contributed by atoms with E-state index in [0.717, 1.165) is 95.2 Å². The van der Waals surface area contributed by atoms with Gasteiger partial charge in [-0.1, -0.05) is 146 Å². The molecule has 314 valence electrons. The Morgan fingerprint density at radius 2 is 0.815 bits per heavy atom. The molecule has 0 heterocycles. The van der Waals surface area contributed by atoms with Crippen molar-refractivity contribution in [1.29, 1.82) is 0 Å². The maximum absolute atomic E-state index is 17.1. The molecule has 0 saturated carbocycles. The van der Waals surface area contributed by atoms with Gasteiger partial charge < -0.3 is 19.3 Å². The molecule has 0 N–H and O–H groups in total. The summed E-state index contributed by atoms with van der Waals surface area (Å²) in [7, 11) is 3.44. The number of rotatable bonds is 12. The Balaban J connectivity index is 1.08. The molecule has 0 aromatic heterocycles. The molecule has 65 heavy (non-hydrogen) atoms. The van der Waals surface area contributed by atoms with Gasteiger partial charge in [0.1, 0.15) is 17.3 Å². The molecular weight excluding hydrogens is 800 g/mol. The summed E-state index contributed by atoms with van der Waals surface area (Å²) in [6, 6.07) is 79.7. The van der Waals surface area contributed by atoms with Crippen LogP contribution in [0, 0.1) is 5.82 Å². The largest absolute Gasteiger partial charge is 0.496 e. The second-order valence-corrected chi connectivity index (χ2v) is 15.7. The van der Waals surface area contributed by atoms with Gasteiger partial charge in [-0.15, -0.1) is 0 Å². The van der Waals surface area contributed by atoms with Gasteiger partial charge in [0.05, 0.1) is 19.9 Å². The predicted octanol–water partition coefficient (Wildman–Crippen LogP) is 16.6. The van der Waals surface area contributed by atoms with Crippen molar-refractivity contribution in [2.24, 2.45) is 0 Å². The summed E-state index contributed by atoms with van der Waals surface area (Å²) in [6.45, 7) is 0. The second-order valence-electron chi connectivity index (χ2n) is 15.7. The summed E-state index contributed by atoms with van der Waals surface area (Å²) in [5.74, 6) is 1.19. The third-order valence-corrected chi connectivity index (χ3v) is 11.9. The zero-order valence-corrected chi connectivity index (χ0v) is 36.1. The number of methoxy groups -OCH3 is 2. The average molecular weight is 845 g/mol. The van der Waals surface area contributed by atoms with Crippen molar-refractivity contribution in [1.82, 2.24) is 0 Å². The minimum Gasteiger partial charge on any atom is -0.496 e. The van der Waals surface area contributed by atoms with Crippen LogP contribution in [0.15, 0.2) is 237 Å². The molecule has 0 aliphatic rings. The quantitative estimate of drug-likeness (QED) is 0.122. The SMILES string of the molecule is COc1cc(N(c2ccccc2)c2ccccc2)ccc1-c1ccc(OC)c2c(-c3ccc(N(c4ccccc4)c4c(F)cc(-c5ccccc5)cc4-c4ccccc4)cc3)cccc12. The lowest BCUT2D eigenvalue weighted by Gasteiger charge is -2.29. The van der Waals surface area contributed by atoms with Crippen LogP contribution >= 0.6 is 0 Å². The summed E-state index contributed by atoms with van der Waals surface area (Å²) in [6.07, 6.45) is 0. The third-order valence-electron chi connectivity index (χ3n) is 11.9. The molecule has 0 atom stereocenters. The third kappa shape index (κ3) is 7.96. The molecule has 5 heteroatoms. The van der Waals surface area contributed by atoms with Gasteiger partial charge in [0.2, 0.25) is 0 Å². The number of halogens is 1. The summed E-state index contributed by atoms with van der Waals surface area (Å²) in [4.78, 5) is 4.25. The van der Waals surface area contributed by atoms with Crippen LogP contribution in [0.1, 0.15) is 0 Å². The van der Waals surface area contributed by atoms with Crippen molar-refractivity contribution in [3.8, 4) is 56.0 Å². The molecule has 4 nitrogen and oxygen atoms in total. The van der Waals surface area contributed by atoms with E-state index in [1.807, 2.05) is 114 Å². The smallest absolute Gasteiger partial charge is 0.148 e. The van der Waals surface area contributed by atoms with Gasteiger partial charge in [-0.3, -0.25) is 0 Å². The highest BCUT2D eigenvalue weighted by atomic mass is 19.1. The molecular formula is C60H45FN2O2. The molecule has 0 saturated heterocycles. The van der Waals surface area contributed by atoms with E-state index in [-0.39, 0.29) is 5.82 Å². The van der Waals surface area contributed by atoms with Crippen LogP contribution in [-0.2, 0) is 0 Å². The molecule has 0 fully saturated rings. The zero-order chi connectivity index (χ0) is 44.1. The Morgan fingerprint density at radius 3 is 1.40 bits per heavy atom. The van der Waals surface area contributed by atoms with Crippen LogP contribution in [-0.4, -0.2) is 14.2 Å². The fourth-order valence-electron chi connectivity index (χ4n) is 8.90. The second kappa shape index (κ2) is 18.1. The molecule has 0 bridgehead atoms. The highest BCUT2D eigenvalue weighted by molar-refractivity contribution is 6.09. The number of nitrogens with zero attached hydrogens (tertiary/aromatic N) is 2. The molecule has 0 radical (unpaired) electrons. The van der Waals surface area contributed by atoms with E-state index in [1.54, 1.807) is 20.3 Å². The number of hydrogen-bond acceptors (Lipinski definition) is 4. The van der Waals surface area contributed by atoms with Crippen molar-refractivity contribution in [3.05, 3.63) is 242 Å². The molecule has 0 aliphatic carbocycles. The average Bonchev–Trinajstić information content (AvgIpc) is 3.38. The van der Waals surface area contributed by atoms with Crippen molar-refractivity contribution < 1.29 is 13.9 Å². The fraction of sp³-hybridized carbons (Fsp3) is 0.0333. The Kier molecular flexibility index (Phi) is 11.3. The fourth-order valence-corrected chi connectivity index (χ4v) is 8.90. The minimum atomic E-state index is -0.319. The normalized spacial score (nSPS) is 11.0. The van der Waals surface area contributed by atoms with E-state index in [0.29, 0.717) is 5.69 Å². The standard InChI is InChI=1S/C60H45FN2O2/c1-64-57-38-37-52(53-36-35-50(41-58(53)65-2)62(46-23-12-5-13-24-46)47-25-14-6-15-26-47)54-30-18-29-51(59(54)57)44-31-33-49(34-32-44)63(48-27-16-7-17-28-48)60-55(43-21-10-4-11-22-43)39-45(40-56(60)61)42-19-8-3-9-20-42/h3-41H,1-2H3. The summed E-state index contributed by atoms with van der Waals surface area (Å²) < 4.78 is 29.3. The van der Waals surface area contributed by atoms with Gasteiger partial charge >= 0.3 is 0 Å². The first kappa shape index (κ1) is 40.6. The van der Waals surface area contributed by atoms with E-state index in [9.17, 15) is 0 Å². The van der Waals surface area contributed by atoms with Gasteiger partial charge in [-0.2, -0.15) is 0 Å². The van der Waals surface area contributed by atoms with Gasteiger partial charge in [-0.25, -0.2) is 4.39 Å². The molecule has 10 aromatic rings. The Labute approximate surface area is 379 Å². The highest BCUT2D eigenvalue weighted by Gasteiger charge is 2.24. The predicted molar refractivity (Wildman–Crippen MR) is 268 cm³/mol. The van der Waals surface area contributed by atoms with Gasteiger partial charge in [-0.05, 0) is 124 Å². The summed E-state index contributed by atoms with van der Waals surface area (Å²) >= 11 is 0. The summed E-state index contributed by atoms with van der Waals surface area (Å²) in [5, 5.41) is 2.01. The van der Waals surface area contributed by atoms with E-state index >= 15 is 4.39 Å². The maximum atomic E-state index is 17.1. The topological polar surface area (TPSA) is 24.9 Å². The minimum absolute atomic E-state index is 0.319. The maximum Gasteiger partial charge on any atom is 0.148 e. The molecule has 0 aliphatic heterocycles. The van der Waals surface area contributed by atoms with Crippen LogP contribution in [0.5, 0.6) is 11.5 Å². The first-order chi connectivity index (χ1) is 32.1. The molecule has 0 amide bonds. The van der Waals surface area contributed by atoms with Gasteiger partial charge in [0.25, 0.3) is 0 Å². The molecule has 0 spiro atoms. The lowest BCUT2D eigenvalue weighted by molar-refractivity contribution is 0.416. The van der Waals surface area contributed by atoms with Gasteiger partial charge in [0, 0.05) is 51.0 Å². The van der Waals surface area contributed by atoms with E-state index < -0.39 is 0 Å². The lowest BCUT2D eigenvalue weighted by Crippen LogP contribution is -2.13. The zero-order valence-electron chi connectivity index (χ0n) is 36.1. The number of anilines is 6. The molecule has 10 rings (SSSR count). The van der Waals surface area contributed by atoms with Gasteiger partial charge in [0.15, 0.2) is 0 Å². The number of benzene rings is 10. The first-order valence-electron chi connectivity index (χ1n) is 21.7. The first-order valence-corrected chi connectivity index (χ1v) is 21.7. The molecule has 0 unspecified atom stereocenters. The van der Waals surface area contributed by atoms with E-state index in [2.05, 4.69) is 126 Å². The van der Waals surface area contributed by atoms with Crippen molar-refractivity contribution in [2.75, 3.05) is 24.0 Å². The Bertz CT molecular complexity index is 3180. The van der Waals surface area contributed by atoms with Crippen molar-refractivity contribution in [2.45, 2.75) is 0 Å². The van der Waals surface area contributed by atoms with Crippen LogP contribution in [0.3, 0.4) is 0 Å². The van der Waals surface area contributed by atoms with Crippen LogP contribution in [0.2, 0.25) is 0 Å². The molecule has 10 aromatic carbocycles. The lowest BCUT2D eigenvalue weighted by atomic mass is 9.91. The Morgan fingerprint density at radius 1 is 0.323 bits per heavy atom. The number of ether oxygens (including phenoxy) is 2. The van der Waals surface area contributed by atoms with E-state index in [4.69, 9.17) is 9.47 Å². The highest BCUT2D eigenvalue weighted by Crippen LogP contribution is 2.47. The van der Waals surface area contributed by atoms with Crippen LogP contribution in [0.25, 0.3) is 55.3 Å². The number of hydrogen-bond donors (Lipinski definition) is 0. The summed E-state index contributed by atoms with van der Waals surface area (Å²) in [5.41, 5.74) is 12.7. The number of para-hydroxylation sites is 3.